The van der Waals surface area contributed by atoms with Crippen molar-refractivity contribution in [2.75, 3.05) is 0 Å². The van der Waals surface area contributed by atoms with Crippen molar-refractivity contribution in [1.29, 1.82) is 0 Å². The summed E-state index contributed by atoms with van der Waals surface area (Å²) in [6.45, 7) is 2.87. The number of ether oxygens (including phenoxy) is 7. The van der Waals surface area contributed by atoms with Crippen molar-refractivity contribution in [2.24, 2.45) is 0 Å². The molecule has 7 aromatic carbocycles. The average Bonchev–Trinajstić information content (AvgIpc) is 3.29. The number of carbonyl (C=O) groups is 1. The van der Waals surface area contributed by atoms with Crippen molar-refractivity contribution in [3.05, 3.63) is 221 Å². The van der Waals surface area contributed by atoms with Gasteiger partial charge in [-0.15, -0.1) is 0 Å². The zero-order valence-corrected chi connectivity index (χ0v) is 33.4. The van der Waals surface area contributed by atoms with E-state index >= 15 is 0 Å². The Bertz CT molecular complexity index is 2430. The van der Waals surface area contributed by atoms with Gasteiger partial charge in [0.1, 0.15) is 49.8 Å². The predicted molar refractivity (Wildman–Crippen MR) is 229 cm³/mol. The molecule has 0 fully saturated rings. The molecule has 8 nitrogen and oxygen atoms in total. The third-order valence-corrected chi connectivity index (χ3v) is 10.0. The van der Waals surface area contributed by atoms with Gasteiger partial charge < -0.3 is 33.2 Å². The Kier molecular flexibility index (Phi) is 13.0. The second-order valence-electron chi connectivity index (χ2n) is 14.5. The first kappa shape index (κ1) is 39.8. The van der Waals surface area contributed by atoms with Gasteiger partial charge in [-0.3, -0.25) is 4.79 Å². The molecule has 0 aliphatic carbocycles. The van der Waals surface area contributed by atoms with Crippen molar-refractivity contribution in [3.8, 4) is 28.7 Å². The monoisotopic (exact) mass is 798 g/mol. The summed E-state index contributed by atoms with van der Waals surface area (Å²) in [5, 5.41) is 0. The highest BCUT2D eigenvalue weighted by Gasteiger charge is 2.45. The van der Waals surface area contributed by atoms with E-state index in [0.717, 1.165) is 33.4 Å². The minimum absolute atomic E-state index is 0.229. The lowest BCUT2D eigenvalue weighted by Crippen LogP contribution is -2.39. The van der Waals surface area contributed by atoms with Gasteiger partial charge in [0, 0.05) is 19.1 Å². The molecule has 0 radical (unpaired) electrons. The van der Waals surface area contributed by atoms with Crippen LogP contribution in [0.5, 0.6) is 28.7 Å². The first-order valence-corrected chi connectivity index (χ1v) is 20.0. The van der Waals surface area contributed by atoms with Gasteiger partial charge in [-0.05, 0) is 45.5 Å². The van der Waals surface area contributed by atoms with E-state index in [1.54, 1.807) is 0 Å². The SMILES string of the molecule is CC(=O)O[C@H]1c2c(OCc3ccccc3)cc(OCc3ccccc3)cc2O[C@H](c2ccc(OCc3ccccc3)c(OCc3ccccc3)c2)[C@@H]1OCc1ccccc1. The second kappa shape index (κ2) is 19.6. The summed E-state index contributed by atoms with van der Waals surface area (Å²) in [5.74, 6) is 2.04. The van der Waals surface area contributed by atoms with Gasteiger partial charge in [0.2, 0.25) is 0 Å². The van der Waals surface area contributed by atoms with E-state index in [1.807, 2.05) is 182 Å². The lowest BCUT2D eigenvalue weighted by molar-refractivity contribution is -0.169. The fraction of sp³-hybridized carbons (Fsp3) is 0.173. The predicted octanol–water partition coefficient (Wildman–Crippen LogP) is 11.3. The van der Waals surface area contributed by atoms with Crippen molar-refractivity contribution in [1.82, 2.24) is 0 Å². The minimum Gasteiger partial charge on any atom is -0.489 e. The van der Waals surface area contributed by atoms with Crippen molar-refractivity contribution in [3.63, 3.8) is 0 Å². The fourth-order valence-electron chi connectivity index (χ4n) is 7.07. The lowest BCUT2D eigenvalue weighted by Gasteiger charge is -2.40. The molecule has 0 unspecified atom stereocenters. The van der Waals surface area contributed by atoms with Gasteiger partial charge in [0.05, 0.1) is 12.2 Å². The number of hydrogen-bond donors (Lipinski definition) is 0. The maximum absolute atomic E-state index is 13.1. The summed E-state index contributed by atoms with van der Waals surface area (Å²) in [7, 11) is 0. The quantitative estimate of drug-likeness (QED) is 0.0843. The summed E-state index contributed by atoms with van der Waals surface area (Å²) in [6.07, 6.45) is -2.54. The van der Waals surface area contributed by atoms with Crippen LogP contribution in [-0.2, 0) is 47.3 Å². The van der Waals surface area contributed by atoms with E-state index in [2.05, 4.69) is 0 Å². The topological polar surface area (TPSA) is 81.7 Å². The van der Waals surface area contributed by atoms with Crippen molar-refractivity contribution < 1.29 is 38.0 Å². The molecule has 0 bridgehead atoms. The Morgan fingerprint density at radius 2 is 0.933 bits per heavy atom. The van der Waals surface area contributed by atoms with Gasteiger partial charge in [0.15, 0.2) is 23.7 Å². The van der Waals surface area contributed by atoms with E-state index in [9.17, 15) is 4.79 Å². The van der Waals surface area contributed by atoms with E-state index in [-0.39, 0.29) is 13.2 Å². The summed E-state index contributed by atoms with van der Waals surface area (Å²) in [5.41, 5.74) is 6.23. The van der Waals surface area contributed by atoms with Crippen molar-refractivity contribution >= 4 is 5.97 Å². The van der Waals surface area contributed by atoms with Crippen LogP contribution in [0.2, 0.25) is 0 Å². The van der Waals surface area contributed by atoms with Gasteiger partial charge in [-0.2, -0.15) is 0 Å². The Labute approximate surface area is 350 Å². The molecule has 0 spiro atoms. The van der Waals surface area contributed by atoms with Crippen LogP contribution in [-0.4, -0.2) is 12.1 Å². The van der Waals surface area contributed by atoms with E-state index in [4.69, 9.17) is 33.2 Å². The van der Waals surface area contributed by atoms with E-state index in [1.165, 1.54) is 6.92 Å². The lowest BCUT2D eigenvalue weighted by atomic mass is 9.90. The molecule has 7 aromatic rings. The van der Waals surface area contributed by atoms with E-state index in [0.29, 0.717) is 54.1 Å². The molecule has 1 aliphatic heterocycles. The normalized spacial score (nSPS) is 15.5. The highest BCUT2D eigenvalue weighted by atomic mass is 16.6. The number of fused-ring (bicyclic) bond motifs is 1. The van der Waals surface area contributed by atoms with Gasteiger partial charge in [-0.25, -0.2) is 0 Å². The van der Waals surface area contributed by atoms with Crippen LogP contribution in [0.3, 0.4) is 0 Å². The Morgan fingerprint density at radius 3 is 1.43 bits per heavy atom. The van der Waals surface area contributed by atoms with Crippen LogP contribution in [0, 0.1) is 0 Å². The molecule has 0 saturated carbocycles. The third kappa shape index (κ3) is 10.3. The summed E-state index contributed by atoms with van der Waals surface area (Å²) < 4.78 is 45.9. The van der Waals surface area contributed by atoms with Crippen molar-refractivity contribution in [2.45, 2.75) is 58.3 Å². The number of rotatable bonds is 17. The number of esters is 1. The van der Waals surface area contributed by atoms with E-state index < -0.39 is 24.3 Å². The molecule has 8 heteroatoms. The standard InChI is InChI=1S/C52H46O8/c1-37(53)59-51-49-47(57-35-41-23-13-5-14-24-41)30-44(54-32-38-17-7-2-8-18-38)31-48(49)60-50(52(51)58-36-42-25-15-6-16-26-42)43-27-28-45(55-33-39-19-9-3-10-20-39)46(29-43)56-34-40-21-11-4-12-22-40/h2-31,50-52H,32-36H2,1H3/t50-,51+,52+/m1/s1. The summed E-state index contributed by atoms with van der Waals surface area (Å²) in [4.78, 5) is 13.1. The molecule has 1 heterocycles. The van der Waals surface area contributed by atoms with Crippen LogP contribution >= 0.6 is 0 Å². The molecular formula is C52H46O8. The zero-order chi connectivity index (χ0) is 40.9. The molecule has 0 aromatic heterocycles. The Balaban J connectivity index is 1.21. The molecule has 60 heavy (non-hydrogen) atoms. The molecule has 1 aliphatic rings. The first-order chi connectivity index (χ1) is 29.6. The molecular weight excluding hydrogens is 753 g/mol. The van der Waals surface area contributed by atoms with Gasteiger partial charge in [0.25, 0.3) is 0 Å². The summed E-state index contributed by atoms with van der Waals surface area (Å²) >= 11 is 0. The highest BCUT2D eigenvalue weighted by molar-refractivity contribution is 5.67. The highest BCUT2D eigenvalue weighted by Crippen LogP contribution is 2.51. The van der Waals surface area contributed by atoms with Crippen LogP contribution in [0.15, 0.2) is 182 Å². The first-order valence-electron chi connectivity index (χ1n) is 20.0. The molecule has 0 N–H and O–H groups in total. The zero-order valence-electron chi connectivity index (χ0n) is 33.4. The maximum Gasteiger partial charge on any atom is 0.303 e. The number of benzene rings is 7. The number of carbonyl (C=O) groups excluding carboxylic acids is 1. The van der Waals surface area contributed by atoms with Gasteiger partial charge >= 0.3 is 5.97 Å². The Hall–Kier alpha value is -7.03. The molecule has 0 amide bonds. The second-order valence-corrected chi connectivity index (χ2v) is 14.5. The largest absolute Gasteiger partial charge is 0.489 e. The average molecular weight is 799 g/mol. The molecule has 302 valence electrons. The minimum atomic E-state index is -0.934. The smallest absolute Gasteiger partial charge is 0.303 e. The number of hydrogen-bond acceptors (Lipinski definition) is 8. The van der Waals surface area contributed by atoms with Crippen LogP contribution in [0.4, 0.5) is 0 Å². The van der Waals surface area contributed by atoms with Crippen LogP contribution < -0.4 is 23.7 Å². The summed E-state index contributed by atoms with van der Waals surface area (Å²) in [6, 6.07) is 59.0. The third-order valence-electron chi connectivity index (χ3n) is 10.0. The van der Waals surface area contributed by atoms with Crippen LogP contribution in [0.25, 0.3) is 0 Å². The Morgan fingerprint density at radius 1 is 0.483 bits per heavy atom. The van der Waals surface area contributed by atoms with Crippen LogP contribution in [0.1, 0.15) is 58.1 Å². The molecule has 0 saturated heterocycles. The molecule has 3 atom stereocenters. The molecule has 8 rings (SSSR count). The maximum atomic E-state index is 13.1. The fourth-order valence-corrected chi connectivity index (χ4v) is 7.07. The van der Waals surface area contributed by atoms with Gasteiger partial charge in [-0.1, -0.05) is 158 Å².